The molecule has 0 radical (unpaired) electrons. The molecule has 0 saturated carbocycles. The molecule has 1 amide bonds. The van der Waals surface area contributed by atoms with Crippen LogP contribution in [0.15, 0.2) is 16.8 Å². The molecule has 0 aromatic carbocycles. The molecule has 0 aliphatic heterocycles. The number of aryl methyl sites for hydroxylation is 1. The first-order valence-corrected chi connectivity index (χ1v) is 7.22. The minimum Gasteiger partial charge on any atom is -0.465 e. The van der Waals surface area contributed by atoms with Crippen LogP contribution in [0.4, 0.5) is 5.69 Å². The lowest BCUT2D eigenvalue weighted by Gasteiger charge is -2.04. The van der Waals surface area contributed by atoms with Crippen LogP contribution < -0.4 is 5.32 Å². The quantitative estimate of drug-likeness (QED) is 0.880. The highest BCUT2D eigenvalue weighted by Crippen LogP contribution is 2.23. The Morgan fingerprint density at radius 3 is 2.84 bits per heavy atom. The minimum absolute atomic E-state index is 0.195. The molecule has 0 unspecified atom stereocenters. The van der Waals surface area contributed by atoms with Crippen LogP contribution in [0.1, 0.15) is 20.4 Å². The number of carbonyl (C=O) groups is 2. The Balaban J connectivity index is 2.03. The van der Waals surface area contributed by atoms with E-state index in [9.17, 15) is 9.59 Å². The van der Waals surface area contributed by atoms with Gasteiger partial charge in [0.15, 0.2) is 0 Å². The molecule has 0 saturated heterocycles. The SMILES string of the molecule is COC(=O)c1sccc1NC(=O)Cc1csc(C)n1. The lowest BCUT2D eigenvalue weighted by molar-refractivity contribution is -0.115. The largest absolute Gasteiger partial charge is 0.465 e. The van der Waals surface area contributed by atoms with Crippen molar-refractivity contribution < 1.29 is 14.3 Å². The summed E-state index contributed by atoms with van der Waals surface area (Å²) in [5.74, 6) is -0.649. The third-order valence-corrected chi connectivity index (χ3v) is 4.04. The topological polar surface area (TPSA) is 68.3 Å². The molecule has 0 aliphatic carbocycles. The van der Waals surface area contributed by atoms with Crippen LogP contribution in [0.3, 0.4) is 0 Å². The first kappa shape index (κ1) is 13.7. The molecule has 1 N–H and O–H groups in total. The second-order valence-electron chi connectivity index (χ2n) is 3.74. The maximum absolute atomic E-state index is 11.9. The highest BCUT2D eigenvalue weighted by atomic mass is 32.1. The van der Waals surface area contributed by atoms with Crippen LogP contribution >= 0.6 is 22.7 Å². The molecule has 0 spiro atoms. The molecule has 2 rings (SSSR count). The first-order valence-electron chi connectivity index (χ1n) is 5.47. The zero-order valence-electron chi connectivity index (χ0n) is 10.4. The number of esters is 1. The van der Waals surface area contributed by atoms with E-state index in [1.165, 1.54) is 29.8 Å². The predicted octanol–water partition coefficient (Wildman–Crippen LogP) is 2.48. The van der Waals surface area contributed by atoms with E-state index in [1.807, 2.05) is 12.3 Å². The summed E-state index contributed by atoms with van der Waals surface area (Å²) in [6.45, 7) is 1.89. The van der Waals surface area contributed by atoms with Gasteiger partial charge in [0.1, 0.15) is 4.88 Å². The second kappa shape index (κ2) is 5.94. The van der Waals surface area contributed by atoms with Crippen molar-refractivity contribution in [3.63, 3.8) is 0 Å². The van der Waals surface area contributed by atoms with Gasteiger partial charge < -0.3 is 10.1 Å². The molecular formula is C12H12N2O3S2. The molecule has 2 heterocycles. The fraction of sp³-hybridized carbons (Fsp3) is 0.250. The van der Waals surface area contributed by atoms with Gasteiger partial charge in [-0.1, -0.05) is 0 Å². The lowest BCUT2D eigenvalue weighted by atomic mass is 10.3. The summed E-state index contributed by atoms with van der Waals surface area (Å²) in [6, 6.07) is 1.68. The minimum atomic E-state index is -0.449. The number of amides is 1. The Kier molecular flexibility index (Phi) is 4.28. The van der Waals surface area contributed by atoms with E-state index in [1.54, 1.807) is 11.4 Å². The molecule has 2 aromatic heterocycles. The Hall–Kier alpha value is -1.73. The van der Waals surface area contributed by atoms with Crippen molar-refractivity contribution >= 4 is 40.2 Å². The van der Waals surface area contributed by atoms with E-state index in [2.05, 4.69) is 15.0 Å². The average Bonchev–Trinajstić information content (AvgIpc) is 2.97. The van der Waals surface area contributed by atoms with Gasteiger partial charge in [-0.2, -0.15) is 0 Å². The summed E-state index contributed by atoms with van der Waals surface area (Å²) in [7, 11) is 1.31. The van der Waals surface area contributed by atoms with Crippen molar-refractivity contribution in [3.05, 3.63) is 32.4 Å². The van der Waals surface area contributed by atoms with Crippen LogP contribution in [0.5, 0.6) is 0 Å². The molecule has 5 nitrogen and oxygen atoms in total. The maximum atomic E-state index is 11.9. The summed E-state index contributed by atoms with van der Waals surface area (Å²) in [5, 5.41) is 7.21. The number of anilines is 1. The van der Waals surface area contributed by atoms with Crippen molar-refractivity contribution in [3.8, 4) is 0 Å². The van der Waals surface area contributed by atoms with Gasteiger partial charge in [-0.3, -0.25) is 4.79 Å². The van der Waals surface area contributed by atoms with Crippen LogP contribution in [-0.4, -0.2) is 24.0 Å². The molecule has 0 bridgehead atoms. The van der Waals surface area contributed by atoms with Gasteiger partial charge >= 0.3 is 5.97 Å². The van der Waals surface area contributed by atoms with Gasteiger partial charge in [-0.05, 0) is 18.4 Å². The Morgan fingerprint density at radius 1 is 1.42 bits per heavy atom. The molecule has 7 heteroatoms. The zero-order valence-corrected chi connectivity index (χ0v) is 12.1. The van der Waals surface area contributed by atoms with Crippen LogP contribution in [0.25, 0.3) is 0 Å². The van der Waals surface area contributed by atoms with Crippen LogP contribution in [0.2, 0.25) is 0 Å². The average molecular weight is 296 g/mol. The van der Waals surface area contributed by atoms with E-state index >= 15 is 0 Å². The molecule has 0 aliphatic rings. The fourth-order valence-electron chi connectivity index (χ4n) is 1.51. The number of carbonyl (C=O) groups excluding carboxylic acids is 2. The highest BCUT2D eigenvalue weighted by Gasteiger charge is 2.16. The molecular weight excluding hydrogens is 284 g/mol. The fourth-order valence-corrected chi connectivity index (χ4v) is 2.89. The number of thiophene rings is 1. The monoisotopic (exact) mass is 296 g/mol. The molecule has 19 heavy (non-hydrogen) atoms. The van der Waals surface area contributed by atoms with Crippen LogP contribution in [0, 0.1) is 6.92 Å². The van der Waals surface area contributed by atoms with E-state index < -0.39 is 5.97 Å². The number of thiazole rings is 1. The lowest BCUT2D eigenvalue weighted by Crippen LogP contribution is -2.16. The highest BCUT2D eigenvalue weighted by molar-refractivity contribution is 7.12. The standard InChI is InChI=1S/C12H12N2O3S2/c1-7-13-8(6-19-7)5-10(15)14-9-3-4-18-11(9)12(16)17-2/h3-4,6H,5H2,1-2H3,(H,14,15). The van der Waals surface area contributed by atoms with Crippen molar-refractivity contribution in [2.45, 2.75) is 13.3 Å². The number of hydrogen-bond acceptors (Lipinski definition) is 6. The van der Waals surface area contributed by atoms with E-state index in [4.69, 9.17) is 0 Å². The zero-order chi connectivity index (χ0) is 13.8. The smallest absolute Gasteiger partial charge is 0.350 e. The van der Waals surface area contributed by atoms with Gasteiger partial charge in [0.05, 0.1) is 29.9 Å². The molecule has 2 aromatic rings. The van der Waals surface area contributed by atoms with Crippen molar-refractivity contribution in [2.24, 2.45) is 0 Å². The van der Waals surface area contributed by atoms with Crippen molar-refractivity contribution in [1.82, 2.24) is 4.98 Å². The van der Waals surface area contributed by atoms with E-state index in [0.717, 1.165) is 10.7 Å². The van der Waals surface area contributed by atoms with Gasteiger partial charge in [0.25, 0.3) is 0 Å². The Labute approximate surface area is 118 Å². The Bertz CT molecular complexity index is 604. The number of ether oxygens (including phenoxy) is 1. The number of aromatic nitrogens is 1. The van der Waals surface area contributed by atoms with Crippen LogP contribution in [-0.2, 0) is 16.0 Å². The van der Waals surface area contributed by atoms with Gasteiger partial charge in [0, 0.05) is 5.38 Å². The summed E-state index contributed by atoms with van der Waals surface area (Å²) in [5.41, 5.74) is 1.21. The summed E-state index contributed by atoms with van der Waals surface area (Å²) in [4.78, 5) is 27.9. The summed E-state index contributed by atoms with van der Waals surface area (Å²) >= 11 is 2.73. The molecule has 100 valence electrons. The number of nitrogens with zero attached hydrogens (tertiary/aromatic N) is 1. The summed E-state index contributed by atoms with van der Waals surface area (Å²) < 4.78 is 4.65. The summed E-state index contributed by atoms with van der Waals surface area (Å²) in [6.07, 6.45) is 0.195. The number of methoxy groups -OCH3 is 1. The molecule has 0 fully saturated rings. The van der Waals surface area contributed by atoms with E-state index in [-0.39, 0.29) is 12.3 Å². The van der Waals surface area contributed by atoms with Gasteiger partial charge in [0.2, 0.25) is 5.91 Å². The molecule has 0 atom stereocenters. The predicted molar refractivity (Wildman–Crippen MR) is 74.8 cm³/mol. The number of rotatable bonds is 4. The first-order chi connectivity index (χ1) is 9.10. The Morgan fingerprint density at radius 2 is 2.21 bits per heavy atom. The number of hydrogen-bond donors (Lipinski definition) is 1. The van der Waals surface area contributed by atoms with Gasteiger partial charge in [-0.15, -0.1) is 22.7 Å². The van der Waals surface area contributed by atoms with Gasteiger partial charge in [-0.25, -0.2) is 9.78 Å². The normalized spacial score (nSPS) is 10.2. The third kappa shape index (κ3) is 3.39. The van der Waals surface area contributed by atoms with Crippen molar-refractivity contribution in [2.75, 3.05) is 12.4 Å². The second-order valence-corrected chi connectivity index (χ2v) is 5.72. The maximum Gasteiger partial charge on any atom is 0.350 e. The number of nitrogens with one attached hydrogen (secondary N) is 1. The van der Waals surface area contributed by atoms with Crippen molar-refractivity contribution in [1.29, 1.82) is 0 Å². The third-order valence-electron chi connectivity index (χ3n) is 2.32. The van der Waals surface area contributed by atoms with E-state index in [0.29, 0.717) is 10.6 Å².